The summed E-state index contributed by atoms with van der Waals surface area (Å²) in [5.41, 5.74) is 5.05. The number of nitrogens with one attached hydrogen (secondary N) is 2. The Labute approximate surface area is 187 Å². The van der Waals surface area contributed by atoms with E-state index in [0.29, 0.717) is 16.3 Å². The second-order valence-corrected chi connectivity index (χ2v) is 7.91. The van der Waals surface area contributed by atoms with Crippen LogP contribution in [0.1, 0.15) is 0 Å². The number of hydrogen-bond donors (Lipinski definition) is 3. The van der Waals surface area contributed by atoms with Crippen LogP contribution >= 0.6 is 12.2 Å². The number of phenols is 1. The summed E-state index contributed by atoms with van der Waals surface area (Å²) in [5, 5.41) is 19.6. The number of nitrogens with zero attached hydrogens (tertiary/aromatic N) is 3. The van der Waals surface area contributed by atoms with E-state index in [1.807, 2.05) is 71.3 Å². The third-order valence-corrected chi connectivity index (χ3v) is 5.81. The van der Waals surface area contributed by atoms with Crippen LogP contribution in [0.4, 0.5) is 0 Å². The molecule has 154 valence electrons. The molecule has 6 aromatic rings. The van der Waals surface area contributed by atoms with Gasteiger partial charge in [0.25, 0.3) is 0 Å². The van der Waals surface area contributed by atoms with Crippen molar-refractivity contribution in [2.24, 2.45) is 0 Å². The number of aromatic amines is 2. The Kier molecular flexibility index (Phi) is 4.16. The molecule has 0 unspecified atom stereocenters. The lowest BCUT2D eigenvalue weighted by Gasteiger charge is -2.10. The maximum atomic E-state index is 10.1. The molecule has 7 heteroatoms. The number of H-pyrrole nitrogens is 2. The largest absolute Gasteiger partial charge is 0.508 e. The molecule has 0 bridgehead atoms. The van der Waals surface area contributed by atoms with E-state index in [0.717, 1.165) is 38.8 Å². The molecule has 32 heavy (non-hydrogen) atoms. The zero-order chi connectivity index (χ0) is 21.7. The van der Waals surface area contributed by atoms with Gasteiger partial charge in [-0.15, -0.1) is 0 Å². The molecule has 3 aromatic carbocycles. The average Bonchev–Trinajstić information content (AvgIpc) is 3.39. The lowest BCUT2D eigenvalue weighted by atomic mass is 10.1. The minimum absolute atomic E-state index is 0.186. The van der Waals surface area contributed by atoms with Crippen molar-refractivity contribution in [3.63, 3.8) is 0 Å². The molecular formula is C25H17N5OS. The summed E-state index contributed by atoms with van der Waals surface area (Å²) < 4.78 is 2.37. The van der Waals surface area contributed by atoms with E-state index in [-0.39, 0.29) is 5.75 Å². The number of fused-ring (bicyclic) bond motifs is 3. The standard InChI is InChI=1S/C25H17N5OS/c31-17-10-6-7-15(13-17)22-23-19(18-11-4-5-12-20(18)26-23)14-21(27-22)24-28-29-25(32)30(24)16-8-2-1-3-9-16/h1-14,26,31H,(H,29,32). The van der Waals surface area contributed by atoms with Crippen LogP contribution in [0.3, 0.4) is 0 Å². The predicted molar refractivity (Wildman–Crippen MR) is 128 cm³/mol. The number of benzene rings is 3. The fourth-order valence-electron chi connectivity index (χ4n) is 4.11. The summed E-state index contributed by atoms with van der Waals surface area (Å²) in [7, 11) is 0. The molecule has 0 fully saturated rings. The smallest absolute Gasteiger partial charge is 0.200 e. The van der Waals surface area contributed by atoms with Gasteiger partial charge < -0.3 is 10.1 Å². The van der Waals surface area contributed by atoms with E-state index in [1.54, 1.807) is 12.1 Å². The van der Waals surface area contributed by atoms with Crippen LogP contribution in [0, 0.1) is 4.77 Å². The van der Waals surface area contributed by atoms with Crippen molar-refractivity contribution in [2.45, 2.75) is 0 Å². The molecule has 0 aliphatic carbocycles. The maximum absolute atomic E-state index is 10.1. The summed E-state index contributed by atoms with van der Waals surface area (Å²) in [6.45, 7) is 0. The van der Waals surface area contributed by atoms with Gasteiger partial charge in [0.1, 0.15) is 11.4 Å². The number of aromatic hydroxyl groups is 1. The Hall–Kier alpha value is -4.23. The number of rotatable bonds is 3. The molecule has 0 aliphatic heterocycles. The highest BCUT2D eigenvalue weighted by Crippen LogP contribution is 2.36. The van der Waals surface area contributed by atoms with Crippen molar-refractivity contribution in [2.75, 3.05) is 0 Å². The average molecular weight is 436 g/mol. The van der Waals surface area contributed by atoms with Crippen molar-refractivity contribution in [1.82, 2.24) is 24.7 Å². The minimum Gasteiger partial charge on any atom is -0.508 e. The zero-order valence-corrected chi connectivity index (χ0v) is 17.6. The Balaban J connectivity index is 1.70. The first kappa shape index (κ1) is 18.5. The molecule has 0 spiro atoms. The summed E-state index contributed by atoms with van der Waals surface area (Å²) in [4.78, 5) is 8.48. The highest BCUT2D eigenvalue weighted by molar-refractivity contribution is 7.71. The van der Waals surface area contributed by atoms with Gasteiger partial charge in [-0.25, -0.2) is 4.98 Å². The Morgan fingerprint density at radius 1 is 0.844 bits per heavy atom. The molecule has 0 amide bonds. The molecule has 0 saturated carbocycles. The second kappa shape index (κ2) is 7.18. The predicted octanol–water partition coefficient (Wildman–Crippen LogP) is 6.00. The van der Waals surface area contributed by atoms with Gasteiger partial charge in [-0.1, -0.05) is 48.5 Å². The van der Waals surface area contributed by atoms with E-state index in [4.69, 9.17) is 17.2 Å². The number of hydrogen-bond acceptors (Lipinski definition) is 4. The quantitative estimate of drug-likeness (QED) is 0.298. The lowest BCUT2D eigenvalue weighted by molar-refractivity contribution is 0.475. The highest BCUT2D eigenvalue weighted by atomic mass is 32.1. The second-order valence-electron chi connectivity index (χ2n) is 7.52. The molecular weight excluding hydrogens is 418 g/mol. The molecule has 3 heterocycles. The van der Waals surface area contributed by atoms with E-state index in [2.05, 4.69) is 21.2 Å². The molecule has 6 nitrogen and oxygen atoms in total. The van der Waals surface area contributed by atoms with E-state index < -0.39 is 0 Å². The normalized spacial score (nSPS) is 11.4. The van der Waals surface area contributed by atoms with Crippen molar-refractivity contribution in [3.05, 3.63) is 89.7 Å². The van der Waals surface area contributed by atoms with Gasteiger partial charge in [0.15, 0.2) is 10.6 Å². The molecule has 3 N–H and O–H groups in total. The lowest BCUT2D eigenvalue weighted by Crippen LogP contribution is -2.00. The van der Waals surface area contributed by atoms with E-state index in [1.165, 1.54) is 0 Å². The SMILES string of the molecule is Oc1cccc(-c2nc(-c3n[nH]c(=S)n3-c3ccccc3)cc3c2[nH]c2ccccc23)c1. The Morgan fingerprint density at radius 2 is 1.66 bits per heavy atom. The molecule has 0 saturated heterocycles. The first-order valence-corrected chi connectivity index (χ1v) is 10.5. The zero-order valence-electron chi connectivity index (χ0n) is 16.8. The maximum Gasteiger partial charge on any atom is 0.200 e. The molecule has 6 rings (SSSR count). The first-order chi connectivity index (χ1) is 15.7. The van der Waals surface area contributed by atoms with Crippen LogP contribution in [0.2, 0.25) is 0 Å². The number of pyridine rings is 1. The Morgan fingerprint density at radius 3 is 2.50 bits per heavy atom. The fourth-order valence-corrected chi connectivity index (χ4v) is 4.35. The van der Waals surface area contributed by atoms with Crippen LogP contribution < -0.4 is 0 Å². The van der Waals surface area contributed by atoms with Gasteiger partial charge >= 0.3 is 0 Å². The van der Waals surface area contributed by atoms with E-state index >= 15 is 0 Å². The van der Waals surface area contributed by atoms with Gasteiger partial charge in [-0.05, 0) is 48.6 Å². The third-order valence-electron chi connectivity index (χ3n) is 5.53. The van der Waals surface area contributed by atoms with Gasteiger partial charge in [-0.3, -0.25) is 9.67 Å². The van der Waals surface area contributed by atoms with Crippen LogP contribution in [0.5, 0.6) is 5.75 Å². The topological polar surface area (TPSA) is 82.5 Å². The van der Waals surface area contributed by atoms with Gasteiger partial charge in [0, 0.05) is 21.9 Å². The first-order valence-electron chi connectivity index (χ1n) is 10.1. The van der Waals surface area contributed by atoms with Crippen LogP contribution in [0.25, 0.3) is 50.3 Å². The van der Waals surface area contributed by atoms with Gasteiger partial charge in [0.05, 0.1) is 16.9 Å². The highest BCUT2D eigenvalue weighted by Gasteiger charge is 2.18. The molecule has 0 aliphatic rings. The van der Waals surface area contributed by atoms with E-state index in [9.17, 15) is 5.11 Å². The summed E-state index contributed by atoms with van der Waals surface area (Å²) in [6, 6.07) is 27.1. The Bertz CT molecular complexity index is 1660. The van der Waals surface area contributed by atoms with Crippen LogP contribution in [0.15, 0.2) is 84.9 Å². The summed E-state index contributed by atoms with van der Waals surface area (Å²) in [6.07, 6.45) is 0. The van der Waals surface area contributed by atoms with Crippen LogP contribution in [-0.4, -0.2) is 29.8 Å². The van der Waals surface area contributed by atoms with Crippen molar-refractivity contribution in [3.8, 4) is 34.2 Å². The van der Waals surface area contributed by atoms with Gasteiger partial charge in [-0.2, -0.15) is 5.10 Å². The van der Waals surface area contributed by atoms with Gasteiger partial charge in [0.2, 0.25) is 0 Å². The third kappa shape index (κ3) is 2.91. The molecule has 3 aromatic heterocycles. The van der Waals surface area contributed by atoms with Crippen molar-refractivity contribution >= 4 is 34.0 Å². The number of para-hydroxylation sites is 2. The van der Waals surface area contributed by atoms with Crippen molar-refractivity contribution < 1.29 is 5.11 Å². The molecule has 0 radical (unpaired) electrons. The monoisotopic (exact) mass is 435 g/mol. The van der Waals surface area contributed by atoms with Crippen LogP contribution in [-0.2, 0) is 0 Å². The summed E-state index contributed by atoms with van der Waals surface area (Å²) in [5.74, 6) is 0.806. The number of phenolic OH excluding ortho intramolecular Hbond substituents is 1. The minimum atomic E-state index is 0.186. The fraction of sp³-hybridized carbons (Fsp3) is 0. The summed E-state index contributed by atoms with van der Waals surface area (Å²) >= 11 is 5.53. The number of aromatic nitrogens is 5. The van der Waals surface area contributed by atoms with Crippen molar-refractivity contribution in [1.29, 1.82) is 0 Å². The molecule has 0 atom stereocenters.